The molecule has 5 rings (SSSR count). The summed E-state index contributed by atoms with van der Waals surface area (Å²) in [7, 11) is 0. The van der Waals surface area contributed by atoms with Gasteiger partial charge in [-0.25, -0.2) is 4.79 Å². The van der Waals surface area contributed by atoms with E-state index in [1.807, 2.05) is 6.07 Å². The summed E-state index contributed by atoms with van der Waals surface area (Å²) in [6, 6.07) is 6.73. The molecule has 3 aliphatic heterocycles. The summed E-state index contributed by atoms with van der Waals surface area (Å²) in [5.41, 5.74) is 0.361. The van der Waals surface area contributed by atoms with Gasteiger partial charge in [0.2, 0.25) is 11.8 Å². The Hall–Kier alpha value is -4.44. The van der Waals surface area contributed by atoms with Crippen molar-refractivity contribution >= 4 is 52.0 Å². The molecule has 0 saturated carbocycles. The zero-order valence-electron chi connectivity index (χ0n) is 27.2. The van der Waals surface area contributed by atoms with Crippen LogP contribution in [0, 0.1) is 11.3 Å². The largest absolute Gasteiger partial charge is 0.444 e. The summed E-state index contributed by atoms with van der Waals surface area (Å²) in [6.45, 7) is 8.13. The number of carbonyl (C=O) groups is 4. The molecule has 4 heterocycles. The zero-order chi connectivity index (χ0) is 33.7. The van der Waals surface area contributed by atoms with Gasteiger partial charge < -0.3 is 40.0 Å². The van der Waals surface area contributed by atoms with E-state index in [-0.39, 0.29) is 55.9 Å². The minimum atomic E-state index is -0.780. The number of hydrogen-bond donors (Lipinski definition) is 3. The summed E-state index contributed by atoms with van der Waals surface area (Å²) < 4.78 is 5.48. The maximum atomic E-state index is 13.9. The molecule has 3 saturated heterocycles. The van der Waals surface area contributed by atoms with Gasteiger partial charge in [0.25, 0.3) is 5.91 Å². The number of piperazine rings is 1. The molecule has 14 heteroatoms. The van der Waals surface area contributed by atoms with E-state index in [1.165, 1.54) is 4.90 Å². The fourth-order valence-corrected chi connectivity index (χ4v) is 6.33. The quantitative estimate of drug-likeness (QED) is 0.299. The number of nitriles is 1. The van der Waals surface area contributed by atoms with E-state index in [0.717, 1.165) is 31.1 Å². The van der Waals surface area contributed by atoms with Gasteiger partial charge in [-0.1, -0.05) is 23.7 Å². The third-order valence-electron chi connectivity index (χ3n) is 8.60. The number of ether oxygens (including phenoxy) is 1. The maximum absolute atomic E-state index is 13.9. The Labute approximate surface area is 279 Å². The number of carbonyl (C=O) groups excluding carboxylic acids is 4. The highest BCUT2D eigenvalue weighted by Crippen LogP contribution is 2.30. The molecule has 13 nitrogen and oxygen atoms in total. The zero-order valence-corrected chi connectivity index (χ0v) is 28.0. The molecule has 0 spiro atoms. The van der Waals surface area contributed by atoms with Crippen LogP contribution in [0.2, 0.25) is 5.02 Å². The molecule has 3 fully saturated rings. The first-order valence-electron chi connectivity index (χ1n) is 16.2. The van der Waals surface area contributed by atoms with Crippen LogP contribution in [-0.4, -0.2) is 112 Å². The van der Waals surface area contributed by atoms with Crippen LogP contribution in [0.1, 0.15) is 52.9 Å². The molecule has 0 aliphatic carbocycles. The van der Waals surface area contributed by atoms with E-state index in [4.69, 9.17) is 16.3 Å². The van der Waals surface area contributed by atoms with Crippen LogP contribution in [-0.2, 0) is 19.1 Å². The van der Waals surface area contributed by atoms with Gasteiger partial charge in [0.05, 0.1) is 22.8 Å². The SMILES string of the molecule is CC(C)(C)OC(=O)N1CCN(C(=O)/C(C#N)=C(/Nc2cccc3c(Cl)c[nH]c23)N[C@H]2CCCCN(CC(=O)N3CCCC3)C2=O)CC1. The molecule has 4 amide bonds. The van der Waals surface area contributed by atoms with Gasteiger partial charge in [-0.05, 0) is 58.9 Å². The predicted octanol–water partition coefficient (Wildman–Crippen LogP) is 3.64. The number of halogens is 1. The first kappa shape index (κ1) is 33.9. The number of rotatable bonds is 7. The second-order valence-electron chi connectivity index (χ2n) is 13.2. The molecule has 1 aromatic carbocycles. The molecular weight excluding hydrogens is 624 g/mol. The Morgan fingerprint density at radius 3 is 2.36 bits per heavy atom. The normalized spacial score (nSPS) is 19.6. The number of benzene rings is 1. The highest BCUT2D eigenvalue weighted by atomic mass is 35.5. The molecule has 0 bridgehead atoms. The topological polar surface area (TPSA) is 154 Å². The molecule has 0 unspecified atom stereocenters. The fourth-order valence-electron chi connectivity index (χ4n) is 6.12. The van der Waals surface area contributed by atoms with Crippen LogP contribution in [0.3, 0.4) is 0 Å². The van der Waals surface area contributed by atoms with Crippen LogP contribution in [0.4, 0.5) is 10.5 Å². The van der Waals surface area contributed by atoms with E-state index in [0.29, 0.717) is 42.3 Å². The molecule has 3 aliphatic rings. The first-order valence-corrected chi connectivity index (χ1v) is 16.6. The second-order valence-corrected chi connectivity index (χ2v) is 13.6. The van der Waals surface area contributed by atoms with Crippen LogP contribution in [0.25, 0.3) is 10.9 Å². The minimum Gasteiger partial charge on any atom is -0.444 e. The van der Waals surface area contributed by atoms with Crippen LogP contribution in [0.5, 0.6) is 0 Å². The van der Waals surface area contributed by atoms with Crippen molar-refractivity contribution in [3.05, 3.63) is 40.8 Å². The highest BCUT2D eigenvalue weighted by molar-refractivity contribution is 6.36. The highest BCUT2D eigenvalue weighted by Gasteiger charge is 2.34. The van der Waals surface area contributed by atoms with Gasteiger partial charge in [-0.2, -0.15) is 5.26 Å². The molecule has 252 valence electrons. The summed E-state index contributed by atoms with van der Waals surface area (Å²) >= 11 is 6.37. The Morgan fingerprint density at radius 2 is 1.68 bits per heavy atom. The Kier molecular flexibility index (Phi) is 10.5. The number of anilines is 1. The van der Waals surface area contributed by atoms with E-state index < -0.39 is 23.6 Å². The molecule has 0 radical (unpaired) electrons. The number of fused-ring (bicyclic) bond motifs is 1. The number of amides is 4. The number of aromatic nitrogens is 1. The Morgan fingerprint density at radius 1 is 1.00 bits per heavy atom. The smallest absolute Gasteiger partial charge is 0.410 e. The van der Waals surface area contributed by atoms with Gasteiger partial charge in [0, 0.05) is 57.4 Å². The second kappa shape index (κ2) is 14.5. The summed E-state index contributed by atoms with van der Waals surface area (Å²) in [5.74, 6) is -0.785. The monoisotopic (exact) mass is 666 g/mol. The lowest BCUT2D eigenvalue weighted by Gasteiger charge is -2.35. The lowest BCUT2D eigenvalue weighted by molar-refractivity contribution is -0.140. The molecular formula is C33H43ClN8O5. The maximum Gasteiger partial charge on any atom is 0.410 e. The van der Waals surface area contributed by atoms with E-state index >= 15 is 0 Å². The van der Waals surface area contributed by atoms with Crippen LogP contribution >= 0.6 is 11.6 Å². The number of H-pyrrole nitrogens is 1. The van der Waals surface area contributed by atoms with Crippen LogP contribution < -0.4 is 10.6 Å². The van der Waals surface area contributed by atoms with E-state index in [1.54, 1.807) is 53.8 Å². The summed E-state index contributed by atoms with van der Waals surface area (Å²) in [4.78, 5) is 62.9. The van der Waals surface area contributed by atoms with Crippen molar-refractivity contribution in [2.24, 2.45) is 0 Å². The number of para-hydroxylation sites is 1. The number of likely N-dealkylation sites (tertiary alicyclic amines) is 2. The third kappa shape index (κ3) is 8.11. The average Bonchev–Trinajstić information content (AvgIpc) is 3.68. The standard InChI is InChI=1S/C33H43ClN8O5/c1-33(2,3)47-32(46)41-17-15-40(16-18-41)30(44)23(19-35)29(37-25-11-8-9-22-24(34)20-36-28(22)25)38-26-10-4-5-14-42(31(26)45)21-27(43)39-12-6-7-13-39/h8-9,11,20,26,36-38H,4-7,10,12-18,21H2,1-3H3/b29-23-/t26-/m0/s1. The third-order valence-corrected chi connectivity index (χ3v) is 8.92. The molecule has 1 atom stereocenters. The molecule has 3 N–H and O–H groups in total. The molecule has 2 aromatic rings. The number of hydrogen-bond acceptors (Lipinski definition) is 8. The van der Waals surface area contributed by atoms with Crippen LogP contribution in [0.15, 0.2) is 35.8 Å². The fraction of sp³-hybridized carbons (Fsp3) is 0.545. The van der Waals surface area contributed by atoms with Gasteiger partial charge >= 0.3 is 6.09 Å². The van der Waals surface area contributed by atoms with Crippen molar-refractivity contribution < 1.29 is 23.9 Å². The number of nitrogens with zero attached hydrogens (tertiary/aromatic N) is 5. The van der Waals surface area contributed by atoms with Crippen molar-refractivity contribution in [2.45, 2.75) is 64.5 Å². The van der Waals surface area contributed by atoms with Crippen molar-refractivity contribution in [1.29, 1.82) is 5.26 Å². The van der Waals surface area contributed by atoms with Gasteiger partial charge in [0.1, 0.15) is 23.5 Å². The van der Waals surface area contributed by atoms with Gasteiger partial charge in [-0.3, -0.25) is 14.4 Å². The minimum absolute atomic E-state index is 0.00423. The van der Waals surface area contributed by atoms with E-state index in [2.05, 4.69) is 21.7 Å². The Bertz CT molecular complexity index is 1580. The van der Waals surface area contributed by atoms with Crippen molar-refractivity contribution in [1.82, 2.24) is 29.9 Å². The lowest BCUT2D eigenvalue weighted by Crippen LogP contribution is -2.52. The van der Waals surface area contributed by atoms with Crippen molar-refractivity contribution in [2.75, 3.05) is 57.7 Å². The summed E-state index contributed by atoms with van der Waals surface area (Å²) in [6.07, 6.45) is 5.03. The van der Waals surface area contributed by atoms with Crippen molar-refractivity contribution in [3.63, 3.8) is 0 Å². The number of nitrogens with one attached hydrogen (secondary N) is 3. The average molecular weight is 667 g/mol. The number of aromatic amines is 1. The Balaban J connectivity index is 1.41. The van der Waals surface area contributed by atoms with Gasteiger partial charge in [0.15, 0.2) is 5.57 Å². The molecule has 47 heavy (non-hydrogen) atoms. The molecule has 1 aromatic heterocycles. The van der Waals surface area contributed by atoms with Crippen molar-refractivity contribution in [3.8, 4) is 6.07 Å². The van der Waals surface area contributed by atoms with Gasteiger partial charge in [-0.15, -0.1) is 0 Å². The predicted molar refractivity (Wildman–Crippen MR) is 177 cm³/mol. The lowest BCUT2D eigenvalue weighted by atomic mass is 10.1. The first-order chi connectivity index (χ1) is 22.4. The van der Waals surface area contributed by atoms with E-state index in [9.17, 15) is 24.4 Å². The summed E-state index contributed by atoms with van der Waals surface area (Å²) in [5, 5.41) is 18.1.